The van der Waals surface area contributed by atoms with Gasteiger partial charge in [-0.3, -0.25) is 9.69 Å². The minimum absolute atomic E-state index is 0.0272. The minimum atomic E-state index is -0.606. The van der Waals surface area contributed by atoms with E-state index in [0.29, 0.717) is 39.2 Å². The van der Waals surface area contributed by atoms with Crippen molar-refractivity contribution in [1.29, 1.82) is 0 Å². The lowest BCUT2D eigenvalue weighted by Crippen LogP contribution is -2.40. The van der Waals surface area contributed by atoms with Gasteiger partial charge in [0.1, 0.15) is 5.75 Å². The molecule has 8 heteroatoms. The zero-order valence-corrected chi connectivity index (χ0v) is 23.1. The molecule has 39 heavy (non-hydrogen) atoms. The zero-order valence-electron chi connectivity index (χ0n) is 22.2. The van der Waals surface area contributed by atoms with Gasteiger partial charge in [0.2, 0.25) is 5.91 Å². The van der Waals surface area contributed by atoms with Crippen molar-refractivity contribution in [2.24, 2.45) is 0 Å². The van der Waals surface area contributed by atoms with E-state index in [1.807, 2.05) is 53.4 Å². The third-order valence-electron chi connectivity index (χ3n) is 7.15. The summed E-state index contributed by atoms with van der Waals surface area (Å²) in [7, 11) is 0. The summed E-state index contributed by atoms with van der Waals surface area (Å²) in [5, 5.41) is 20.9. The maximum absolute atomic E-state index is 11.7. The molecule has 3 aromatic rings. The van der Waals surface area contributed by atoms with Crippen LogP contribution in [0.2, 0.25) is 0 Å². The van der Waals surface area contributed by atoms with Crippen LogP contribution in [0.4, 0.5) is 11.4 Å². The van der Waals surface area contributed by atoms with E-state index in [2.05, 4.69) is 34.1 Å². The number of hydrogen-bond donors (Lipinski definition) is 2. The fraction of sp³-hybridized carbons (Fsp3) is 0.387. The van der Waals surface area contributed by atoms with Gasteiger partial charge in [0.05, 0.1) is 37.2 Å². The second-order valence-electron chi connectivity index (χ2n) is 10.1. The Balaban J connectivity index is 1.15. The van der Waals surface area contributed by atoms with Gasteiger partial charge in [0.25, 0.3) is 0 Å². The van der Waals surface area contributed by atoms with E-state index in [-0.39, 0.29) is 12.5 Å². The molecule has 1 amide bonds. The van der Waals surface area contributed by atoms with Gasteiger partial charge in [-0.05, 0) is 54.8 Å². The number of nitrogens with zero attached hydrogens (tertiary/aromatic N) is 3. The van der Waals surface area contributed by atoms with Gasteiger partial charge >= 0.3 is 0 Å². The molecule has 0 bridgehead atoms. The van der Waals surface area contributed by atoms with Gasteiger partial charge in [0.15, 0.2) is 0 Å². The van der Waals surface area contributed by atoms with Crippen LogP contribution in [0.1, 0.15) is 24.8 Å². The molecule has 2 N–H and O–H groups in total. The molecular formula is C31H37N3O4S. The summed E-state index contributed by atoms with van der Waals surface area (Å²) >= 11 is 1.76. The smallest absolute Gasteiger partial charge is 0.222 e. The van der Waals surface area contributed by atoms with Crippen LogP contribution in [0.15, 0.2) is 82.6 Å². The van der Waals surface area contributed by atoms with Crippen molar-refractivity contribution in [3.63, 3.8) is 0 Å². The van der Waals surface area contributed by atoms with Crippen LogP contribution in [0.5, 0.6) is 5.75 Å². The highest BCUT2D eigenvalue weighted by Crippen LogP contribution is 2.47. The Morgan fingerprint density at radius 1 is 0.974 bits per heavy atom. The molecule has 2 heterocycles. The first-order valence-electron chi connectivity index (χ1n) is 13.7. The van der Waals surface area contributed by atoms with Crippen molar-refractivity contribution in [1.82, 2.24) is 9.80 Å². The molecule has 1 atom stereocenters. The number of para-hydroxylation sites is 2. The summed E-state index contributed by atoms with van der Waals surface area (Å²) in [6.07, 6.45) is 1.85. The topological polar surface area (TPSA) is 76.5 Å². The second kappa shape index (κ2) is 13.3. The number of β-amino-alcohol motifs (C(OH)–C–C–N with tert-alkyl or cyclic N) is 1. The molecule has 0 saturated carbocycles. The number of anilines is 2. The first kappa shape index (κ1) is 27.5. The molecule has 7 nitrogen and oxygen atoms in total. The summed E-state index contributed by atoms with van der Waals surface area (Å²) < 4.78 is 5.88. The number of benzene rings is 3. The van der Waals surface area contributed by atoms with E-state index in [1.165, 1.54) is 9.79 Å². The molecule has 206 valence electrons. The summed E-state index contributed by atoms with van der Waals surface area (Å²) in [5.74, 6) is 1.06. The van der Waals surface area contributed by atoms with Gasteiger partial charge in [-0.2, -0.15) is 0 Å². The van der Waals surface area contributed by atoms with Gasteiger partial charge in [-0.15, -0.1) is 0 Å². The predicted octanol–water partition coefficient (Wildman–Crippen LogP) is 4.54. The third kappa shape index (κ3) is 7.13. The van der Waals surface area contributed by atoms with Crippen molar-refractivity contribution in [3.8, 4) is 5.75 Å². The fourth-order valence-corrected chi connectivity index (χ4v) is 6.35. The third-order valence-corrected chi connectivity index (χ3v) is 8.28. The number of carbonyl (C=O) groups is 1. The standard InChI is InChI=1S/C31H37N3O4S/c35-19-18-32(21-24-12-14-26(15-13-24)38-20-6-17-33-16-5-11-31(33)37)22-25(36)23-34-27-7-1-3-9-29(27)39-30-10-4-2-8-28(30)34/h1-4,7-10,12-15,25,35-36H,5-6,11,16-23H2/t25-/m0/s1. The van der Waals surface area contributed by atoms with Gasteiger partial charge in [-0.25, -0.2) is 0 Å². The Labute approximate surface area is 235 Å². The first-order chi connectivity index (χ1) is 19.1. The molecule has 1 saturated heterocycles. The van der Waals surface area contributed by atoms with Crippen LogP contribution in [0.25, 0.3) is 0 Å². The molecule has 1 fully saturated rings. The Bertz CT molecular complexity index is 1190. The predicted molar refractivity (Wildman–Crippen MR) is 155 cm³/mol. The lowest BCUT2D eigenvalue weighted by molar-refractivity contribution is -0.127. The van der Waals surface area contributed by atoms with Gasteiger partial charge in [-0.1, -0.05) is 48.2 Å². The quantitative estimate of drug-likeness (QED) is 0.305. The molecule has 3 aromatic carbocycles. The minimum Gasteiger partial charge on any atom is -0.494 e. The molecule has 0 aromatic heterocycles. The van der Waals surface area contributed by atoms with E-state index in [0.717, 1.165) is 48.6 Å². The number of ether oxygens (including phenoxy) is 1. The molecular weight excluding hydrogens is 510 g/mol. The zero-order chi connectivity index (χ0) is 27.0. The molecule has 2 aliphatic rings. The number of likely N-dealkylation sites (tertiary alicyclic amines) is 1. The second-order valence-corrected chi connectivity index (χ2v) is 11.2. The summed E-state index contributed by atoms with van der Waals surface area (Å²) in [5.41, 5.74) is 3.31. The normalized spacial score (nSPS) is 15.4. The summed E-state index contributed by atoms with van der Waals surface area (Å²) in [6.45, 7) is 4.24. The van der Waals surface area contributed by atoms with Crippen LogP contribution in [-0.4, -0.2) is 78.0 Å². The first-order valence-corrected chi connectivity index (χ1v) is 14.6. The van der Waals surface area contributed by atoms with E-state index in [4.69, 9.17) is 4.74 Å². The number of fused-ring (bicyclic) bond motifs is 2. The lowest BCUT2D eigenvalue weighted by Gasteiger charge is -2.35. The van der Waals surface area contributed by atoms with E-state index in [1.54, 1.807) is 11.8 Å². The molecule has 0 radical (unpaired) electrons. The van der Waals surface area contributed by atoms with E-state index in [9.17, 15) is 15.0 Å². The largest absolute Gasteiger partial charge is 0.494 e. The van der Waals surface area contributed by atoms with Crippen molar-refractivity contribution < 1.29 is 19.7 Å². The molecule has 5 rings (SSSR count). The Hall–Kier alpha value is -3.04. The number of aliphatic hydroxyl groups is 2. The molecule has 2 aliphatic heterocycles. The molecule has 0 spiro atoms. The highest BCUT2D eigenvalue weighted by molar-refractivity contribution is 7.99. The maximum Gasteiger partial charge on any atom is 0.222 e. The van der Waals surface area contributed by atoms with Crippen molar-refractivity contribution in [3.05, 3.63) is 78.4 Å². The van der Waals surface area contributed by atoms with Gasteiger partial charge < -0.3 is 24.7 Å². The van der Waals surface area contributed by atoms with Crippen LogP contribution in [0.3, 0.4) is 0 Å². The van der Waals surface area contributed by atoms with Crippen molar-refractivity contribution in [2.45, 2.75) is 41.7 Å². The number of hydrogen-bond acceptors (Lipinski definition) is 7. The average molecular weight is 548 g/mol. The number of rotatable bonds is 13. The van der Waals surface area contributed by atoms with Crippen LogP contribution in [-0.2, 0) is 11.3 Å². The Kier molecular flexibility index (Phi) is 9.42. The SMILES string of the molecule is O=C1CCCN1CCCOc1ccc(CN(CCO)C[C@H](O)CN2c3ccccc3Sc3ccccc32)cc1. The van der Waals surface area contributed by atoms with E-state index >= 15 is 0 Å². The molecule has 0 aliphatic carbocycles. The number of aliphatic hydroxyl groups excluding tert-OH is 2. The average Bonchev–Trinajstić information content (AvgIpc) is 3.36. The van der Waals surface area contributed by atoms with Crippen molar-refractivity contribution >= 4 is 29.0 Å². The Morgan fingerprint density at radius 2 is 1.67 bits per heavy atom. The number of carbonyl (C=O) groups excluding carboxylic acids is 1. The fourth-order valence-electron chi connectivity index (χ4n) is 5.26. The monoisotopic (exact) mass is 547 g/mol. The van der Waals surface area contributed by atoms with Crippen molar-refractivity contribution in [2.75, 3.05) is 50.8 Å². The van der Waals surface area contributed by atoms with Crippen LogP contribution in [0, 0.1) is 0 Å². The molecule has 0 unspecified atom stereocenters. The Morgan fingerprint density at radius 3 is 2.31 bits per heavy atom. The lowest BCUT2D eigenvalue weighted by atomic mass is 10.1. The van der Waals surface area contributed by atoms with Crippen LogP contribution >= 0.6 is 11.8 Å². The highest BCUT2D eigenvalue weighted by atomic mass is 32.2. The van der Waals surface area contributed by atoms with Gasteiger partial charge in [0, 0.05) is 48.9 Å². The maximum atomic E-state index is 11.7. The number of amides is 1. The highest BCUT2D eigenvalue weighted by Gasteiger charge is 2.25. The van der Waals surface area contributed by atoms with E-state index < -0.39 is 6.10 Å². The summed E-state index contributed by atoms with van der Waals surface area (Å²) in [4.78, 5) is 20.3. The van der Waals surface area contributed by atoms with Crippen LogP contribution < -0.4 is 9.64 Å². The summed E-state index contributed by atoms with van der Waals surface area (Å²) in [6, 6.07) is 24.6.